The maximum absolute atomic E-state index is 6.37. The molecule has 1 unspecified atom stereocenters. The Morgan fingerprint density at radius 1 is 1.23 bits per heavy atom. The largest absolute Gasteiger partial charge is 0.373 e. The van der Waals surface area contributed by atoms with Gasteiger partial charge in [0, 0.05) is 63.6 Å². The fourth-order valence-electron chi connectivity index (χ4n) is 4.37. The summed E-state index contributed by atoms with van der Waals surface area (Å²) in [5.74, 6) is 0. The van der Waals surface area contributed by atoms with E-state index in [9.17, 15) is 0 Å². The standard InChI is InChI=1S/C21H30N4O/c1-23-11-3-4-19(23)16-25-12-7-21(8-13-25)14-20(17-26-21)24(2)15-18-5-9-22-10-6-18/h3-6,9-11,20H,7-8,12-17H2,1-2H3. The number of hydrogen-bond acceptors (Lipinski definition) is 4. The number of aryl methyl sites for hydroxylation is 1. The van der Waals surface area contributed by atoms with Crippen molar-refractivity contribution in [2.75, 3.05) is 26.7 Å². The molecule has 0 amide bonds. The van der Waals surface area contributed by atoms with E-state index < -0.39 is 0 Å². The quantitative estimate of drug-likeness (QED) is 0.827. The Hall–Kier alpha value is -1.69. The summed E-state index contributed by atoms with van der Waals surface area (Å²) in [6.07, 6.45) is 9.33. The van der Waals surface area contributed by atoms with Gasteiger partial charge in [0.2, 0.25) is 0 Å². The van der Waals surface area contributed by atoms with Crippen molar-refractivity contribution >= 4 is 0 Å². The molecule has 5 heteroatoms. The Kier molecular flexibility index (Phi) is 5.11. The maximum atomic E-state index is 6.37. The van der Waals surface area contributed by atoms with Crippen LogP contribution in [0.15, 0.2) is 42.9 Å². The van der Waals surface area contributed by atoms with E-state index in [-0.39, 0.29) is 5.60 Å². The van der Waals surface area contributed by atoms with Crippen LogP contribution in [0.2, 0.25) is 0 Å². The third-order valence-corrected chi connectivity index (χ3v) is 6.20. The van der Waals surface area contributed by atoms with Crippen molar-refractivity contribution in [2.24, 2.45) is 7.05 Å². The molecule has 2 fully saturated rings. The molecule has 26 heavy (non-hydrogen) atoms. The lowest BCUT2D eigenvalue weighted by Crippen LogP contribution is -2.44. The first-order chi connectivity index (χ1) is 12.6. The summed E-state index contributed by atoms with van der Waals surface area (Å²) in [6.45, 7) is 5.13. The van der Waals surface area contributed by atoms with Gasteiger partial charge in [0.05, 0.1) is 12.2 Å². The molecule has 0 bridgehead atoms. The second-order valence-electron chi connectivity index (χ2n) is 8.01. The molecule has 0 radical (unpaired) electrons. The smallest absolute Gasteiger partial charge is 0.0723 e. The number of pyridine rings is 1. The molecule has 1 atom stereocenters. The Morgan fingerprint density at radius 2 is 2.00 bits per heavy atom. The number of piperidine rings is 1. The molecule has 5 nitrogen and oxygen atoms in total. The van der Waals surface area contributed by atoms with E-state index >= 15 is 0 Å². The Balaban J connectivity index is 1.29. The fraction of sp³-hybridized carbons (Fsp3) is 0.571. The number of hydrogen-bond donors (Lipinski definition) is 0. The van der Waals surface area contributed by atoms with E-state index in [1.165, 1.54) is 11.3 Å². The Bertz CT molecular complexity index is 706. The molecule has 2 aliphatic heterocycles. The molecule has 0 saturated carbocycles. The topological polar surface area (TPSA) is 33.5 Å². The molecule has 4 rings (SSSR count). The lowest BCUT2D eigenvalue weighted by molar-refractivity contribution is -0.0455. The zero-order valence-corrected chi connectivity index (χ0v) is 16.0. The second kappa shape index (κ2) is 7.51. The minimum atomic E-state index is 0.0991. The summed E-state index contributed by atoms with van der Waals surface area (Å²) < 4.78 is 8.60. The minimum absolute atomic E-state index is 0.0991. The number of likely N-dealkylation sites (tertiary alicyclic amines) is 1. The van der Waals surface area contributed by atoms with Crippen molar-refractivity contribution < 1.29 is 4.74 Å². The fourth-order valence-corrected chi connectivity index (χ4v) is 4.37. The van der Waals surface area contributed by atoms with Crippen LogP contribution in [0.1, 0.15) is 30.5 Å². The molecule has 0 N–H and O–H groups in total. The van der Waals surface area contributed by atoms with Gasteiger partial charge in [-0.15, -0.1) is 0 Å². The van der Waals surface area contributed by atoms with Crippen molar-refractivity contribution in [3.05, 3.63) is 54.1 Å². The van der Waals surface area contributed by atoms with Crippen LogP contribution >= 0.6 is 0 Å². The van der Waals surface area contributed by atoms with Gasteiger partial charge in [-0.2, -0.15) is 0 Å². The number of ether oxygens (including phenoxy) is 1. The molecule has 2 aromatic heterocycles. The van der Waals surface area contributed by atoms with E-state index in [1.807, 2.05) is 12.4 Å². The number of aromatic nitrogens is 2. The molecular weight excluding hydrogens is 324 g/mol. The van der Waals surface area contributed by atoms with Crippen molar-refractivity contribution in [1.82, 2.24) is 19.4 Å². The van der Waals surface area contributed by atoms with Gasteiger partial charge >= 0.3 is 0 Å². The number of nitrogens with zero attached hydrogens (tertiary/aromatic N) is 4. The SMILES string of the molecule is CN(Cc1ccncc1)C1COC2(CCN(Cc3cccn3C)CC2)C1. The molecule has 0 aromatic carbocycles. The van der Waals surface area contributed by atoms with Crippen molar-refractivity contribution in [2.45, 2.75) is 44.0 Å². The van der Waals surface area contributed by atoms with Crippen LogP contribution in [0.25, 0.3) is 0 Å². The highest BCUT2D eigenvalue weighted by atomic mass is 16.5. The van der Waals surface area contributed by atoms with Crippen molar-refractivity contribution in [1.29, 1.82) is 0 Å². The van der Waals surface area contributed by atoms with Crippen LogP contribution in [0.5, 0.6) is 0 Å². The monoisotopic (exact) mass is 354 g/mol. The summed E-state index contributed by atoms with van der Waals surface area (Å²) in [4.78, 5) is 9.12. The van der Waals surface area contributed by atoms with Crippen LogP contribution in [-0.4, -0.2) is 57.7 Å². The van der Waals surface area contributed by atoms with E-state index in [2.05, 4.69) is 63.9 Å². The third-order valence-electron chi connectivity index (χ3n) is 6.20. The molecule has 0 aliphatic carbocycles. The number of rotatable bonds is 5. The predicted molar refractivity (Wildman–Crippen MR) is 103 cm³/mol. The Morgan fingerprint density at radius 3 is 2.69 bits per heavy atom. The van der Waals surface area contributed by atoms with E-state index in [0.717, 1.165) is 52.0 Å². The van der Waals surface area contributed by atoms with Crippen molar-refractivity contribution in [3.8, 4) is 0 Å². The van der Waals surface area contributed by atoms with Crippen LogP contribution in [0.3, 0.4) is 0 Å². The van der Waals surface area contributed by atoms with E-state index in [1.54, 1.807) is 0 Å². The molecule has 140 valence electrons. The van der Waals surface area contributed by atoms with Crippen molar-refractivity contribution in [3.63, 3.8) is 0 Å². The Labute approximate surface area is 156 Å². The average Bonchev–Trinajstić information content (AvgIpc) is 3.25. The lowest BCUT2D eigenvalue weighted by Gasteiger charge is -2.39. The molecule has 2 saturated heterocycles. The minimum Gasteiger partial charge on any atom is -0.373 e. The highest BCUT2D eigenvalue weighted by molar-refractivity contribution is 5.10. The normalized spacial score (nSPS) is 23.1. The summed E-state index contributed by atoms with van der Waals surface area (Å²) in [5, 5.41) is 0. The second-order valence-corrected chi connectivity index (χ2v) is 8.01. The van der Waals surface area contributed by atoms with Crippen LogP contribution < -0.4 is 0 Å². The summed E-state index contributed by atoms with van der Waals surface area (Å²) >= 11 is 0. The van der Waals surface area contributed by atoms with Crippen LogP contribution in [-0.2, 0) is 24.9 Å². The van der Waals surface area contributed by atoms with Gasteiger partial charge in [-0.1, -0.05) is 0 Å². The van der Waals surface area contributed by atoms with E-state index in [0.29, 0.717) is 6.04 Å². The van der Waals surface area contributed by atoms with Crippen LogP contribution in [0.4, 0.5) is 0 Å². The van der Waals surface area contributed by atoms with Gasteiger partial charge in [-0.05, 0) is 56.1 Å². The summed E-state index contributed by atoms with van der Waals surface area (Å²) in [6, 6.07) is 9.07. The zero-order valence-electron chi connectivity index (χ0n) is 16.0. The predicted octanol–water partition coefficient (Wildman–Crippen LogP) is 2.68. The van der Waals surface area contributed by atoms with E-state index in [4.69, 9.17) is 4.74 Å². The van der Waals surface area contributed by atoms with Gasteiger partial charge < -0.3 is 9.30 Å². The van der Waals surface area contributed by atoms with Gasteiger partial charge in [0.25, 0.3) is 0 Å². The third kappa shape index (κ3) is 3.85. The van der Waals surface area contributed by atoms with Crippen LogP contribution in [0, 0.1) is 0 Å². The highest BCUT2D eigenvalue weighted by Gasteiger charge is 2.43. The summed E-state index contributed by atoms with van der Waals surface area (Å²) in [7, 11) is 4.35. The molecule has 4 heterocycles. The van der Waals surface area contributed by atoms with Gasteiger partial charge in [-0.25, -0.2) is 0 Å². The average molecular weight is 354 g/mol. The first-order valence-corrected chi connectivity index (χ1v) is 9.69. The molecule has 2 aliphatic rings. The first-order valence-electron chi connectivity index (χ1n) is 9.69. The molecular formula is C21H30N4O. The van der Waals surface area contributed by atoms with Gasteiger partial charge in [-0.3, -0.25) is 14.8 Å². The highest BCUT2D eigenvalue weighted by Crippen LogP contribution is 2.38. The summed E-state index contributed by atoms with van der Waals surface area (Å²) in [5.41, 5.74) is 2.81. The number of likely N-dealkylation sites (N-methyl/N-ethyl adjacent to an activating group) is 1. The van der Waals surface area contributed by atoms with Gasteiger partial charge in [0.15, 0.2) is 0 Å². The first kappa shape index (κ1) is 17.7. The molecule has 1 spiro atoms. The maximum Gasteiger partial charge on any atom is 0.0723 e. The zero-order chi connectivity index (χ0) is 18.0. The lowest BCUT2D eigenvalue weighted by atomic mass is 9.87. The van der Waals surface area contributed by atoms with Gasteiger partial charge in [0.1, 0.15) is 0 Å². The molecule has 2 aromatic rings.